The van der Waals surface area contributed by atoms with Crippen molar-refractivity contribution < 1.29 is 19.4 Å². The largest absolute Gasteiger partial charge is 0.444 e. The van der Waals surface area contributed by atoms with Crippen LogP contribution < -0.4 is 0 Å². The second kappa shape index (κ2) is 5.48. The molecule has 112 valence electrons. The van der Waals surface area contributed by atoms with E-state index in [1.54, 1.807) is 19.1 Å². The van der Waals surface area contributed by atoms with Gasteiger partial charge in [0, 0.05) is 0 Å². The molecule has 0 aromatic heterocycles. The summed E-state index contributed by atoms with van der Waals surface area (Å²) in [5, 5.41) is 10.3. The van der Waals surface area contributed by atoms with Crippen molar-refractivity contribution in [1.82, 2.24) is 4.90 Å². The summed E-state index contributed by atoms with van der Waals surface area (Å²) >= 11 is 0. The van der Waals surface area contributed by atoms with Crippen LogP contribution in [0.3, 0.4) is 0 Å². The smallest absolute Gasteiger partial charge is 0.417 e. The Kier molecular flexibility index (Phi) is 3.68. The first-order valence-corrected chi connectivity index (χ1v) is 7.36. The third-order valence-corrected chi connectivity index (χ3v) is 4.44. The van der Waals surface area contributed by atoms with Gasteiger partial charge in [-0.2, -0.15) is 0 Å². The van der Waals surface area contributed by atoms with Crippen LogP contribution in [0.2, 0.25) is 0 Å². The van der Waals surface area contributed by atoms with Crippen molar-refractivity contribution >= 4 is 12.0 Å². The minimum atomic E-state index is -0.924. The van der Waals surface area contributed by atoms with Crippen molar-refractivity contribution in [2.24, 2.45) is 5.92 Å². The fraction of sp³-hybridized carbons (Fsp3) is 0.500. The second-order valence-electron chi connectivity index (χ2n) is 5.77. The molecule has 1 aliphatic carbocycles. The van der Waals surface area contributed by atoms with Gasteiger partial charge in [0.15, 0.2) is 0 Å². The zero-order chi connectivity index (χ0) is 15.0. The van der Waals surface area contributed by atoms with E-state index in [1.807, 2.05) is 18.2 Å². The van der Waals surface area contributed by atoms with Gasteiger partial charge in [-0.25, -0.2) is 9.69 Å². The second-order valence-corrected chi connectivity index (χ2v) is 5.77. The zero-order valence-electron chi connectivity index (χ0n) is 11.9. The number of rotatable bonds is 3. The molecule has 1 heterocycles. The standard InChI is InChI=1S/C16H19NO4/c1-10(14(18)11-6-3-2-4-7-11)15(19)17-12-8-5-9-13(12)21-16(17)20/h2-4,6-7,10,12-14,18H,5,8-9H2,1H3/t10-,12-,13+,14-/m1/s1. The summed E-state index contributed by atoms with van der Waals surface area (Å²) in [4.78, 5) is 25.7. The van der Waals surface area contributed by atoms with Gasteiger partial charge in [-0.3, -0.25) is 4.79 Å². The number of nitrogens with zero attached hydrogens (tertiary/aromatic N) is 1. The molecule has 1 N–H and O–H groups in total. The van der Waals surface area contributed by atoms with Crippen LogP contribution in [-0.4, -0.2) is 34.2 Å². The van der Waals surface area contributed by atoms with Gasteiger partial charge in [0.1, 0.15) is 6.10 Å². The maximum Gasteiger partial charge on any atom is 0.417 e. The molecule has 1 aromatic carbocycles. The quantitative estimate of drug-likeness (QED) is 0.927. The predicted molar refractivity (Wildman–Crippen MR) is 75.3 cm³/mol. The molecular formula is C16H19NO4. The summed E-state index contributed by atoms with van der Waals surface area (Å²) in [7, 11) is 0. The van der Waals surface area contributed by atoms with Crippen LogP contribution in [0.5, 0.6) is 0 Å². The lowest BCUT2D eigenvalue weighted by molar-refractivity contribution is -0.136. The summed E-state index contributed by atoms with van der Waals surface area (Å²) in [6.45, 7) is 1.65. The van der Waals surface area contributed by atoms with E-state index < -0.39 is 18.1 Å². The molecule has 4 atom stereocenters. The lowest BCUT2D eigenvalue weighted by Gasteiger charge is -2.25. The van der Waals surface area contributed by atoms with E-state index in [0.717, 1.165) is 19.3 Å². The molecule has 21 heavy (non-hydrogen) atoms. The van der Waals surface area contributed by atoms with Crippen molar-refractivity contribution in [1.29, 1.82) is 0 Å². The Hall–Kier alpha value is -1.88. The van der Waals surface area contributed by atoms with Crippen LogP contribution in [-0.2, 0) is 9.53 Å². The summed E-state index contributed by atoms with van der Waals surface area (Å²) < 4.78 is 5.24. The number of fused-ring (bicyclic) bond motifs is 1. The minimum absolute atomic E-state index is 0.157. The van der Waals surface area contributed by atoms with Gasteiger partial charge >= 0.3 is 6.09 Å². The van der Waals surface area contributed by atoms with Gasteiger partial charge < -0.3 is 9.84 Å². The van der Waals surface area contributed by atoms with E-state index in [-0.39, 0.29) is 18.1 Å². The minimum Gasteiger partial charge on any atom is -0.444 e. The molecule has 0 bridgehead atoms. The predicted octanol–water partition coefficient (Wildman–Crippen LogP) is 2.26. The molecule has 0 spiro atoms. The maximum absolute atomic E-state index is 12.6. The molecular weight excluding hydrogens is 270 g/mol. The topological polar surface area (TPSA) is 66.8 Å². The normalized spacial score (nSPS) is 27.1. The van der Waals surface area contributed by atoms with Gasteiger partial charge in [-0.1, -0.05) is 37.3 Å². The number of carbonyl (C=O) groups is 2. The molecule has 1 saturated carbocycles. The molecule has 2 aliphatic rings. The van der Waals surface area contributed by atoms with Crippen LogP contribution in [0.15, 0.2) is 30.3 Å². The van der Waals surface area contributed by atoms with E-state index in [2.05, 4.69) is 0 Å². The van der Waals surface area contributed by atoms with Crippen LogP contribution in [0.1, 0.15) is 37.9 Å². The van der Waals surface area contributed by atoms with E-state index in [4.69, 9.17) is 4.74 Å². The van der Waals surface area contributed by atoms with Gasteiger partial charge in [0.05, 0.1) is 18.1 Å². The maximum atomic E-state index is 12.6. The average Bonchev–Trinajstić information content (AvgIpc) is 3.05. The van der Waals surface area contributed by atoms with Gasteiger partial charge in [0.2, 0.25) is 5.91 Å². The van der Waals surface area contributed by atoms with Crippen LogP contribution >= 0.6 is 0 Å². The van der Waals surface area contributed by atoms with Crippen molar-refractivity contribution in [3.05, 3.63) is 35.9 Å². The third kappa shape index (κ3) is 2.42. The highest BCUT2D eigenvalue weighted by Gasteiger charge is 2.49. The van der Waals surface area contributed by atoms with Gasteiger partial charge in [-0.15, -0.1) is 0 Å². The zero-order valence-corrected chi connectivity index (χ0v) is 11.9. The number of ether oxygens (including phenoxy) is 1. The molecule has 1 aromatic rings. The number of hydrogen-bond donors (Lipinski definition) is 1. The van der Waals surface area contributed by atoms with Crippen molar-refractivity contribution in [2.75, 3.05) is 0 Å². The molecule has 0 unspecified atom stereocenters. The fourth-order valence-electron chi connectivity index (χ4n) is 3.21. The molecule has 5 heteroatoms. The van der Waals surface area contributed by atoms with E-state index >= 15 is 0 Å². The number of carbonyl (C=O) groups excluding carboxylic acids is 2. The Balaban J connectivity index is 1.77. The Bertz CT molecular complexity index is 544. The first-order chi connectivity index (χ1) is 10.1. The number of aliphatic hydroxyl groups excluding tert-OH is 1. The first-order valence-electron chi connectivity index (χ1n) is 7.36. The molecule has 2 amide bonds. The Labute approximate surface area is 123 Å². The number of benzene rings is 1. The summed E-state index contributed by atoms with van der Waals surface area (Å²) in [5.74, 6) is -1.04. The summed E-state index contributed by atoms with van der Waals surface area (Å²) in [6.07, 6.45) is 0.907. The third-order valence-electron chi connectivity index (χ3n) is 4.44. The monoisotopic (exact) mass is 289 g/mol. The van der Waals surface area contributed by atoms with Crippen molar-refractivity contribution in [3.8, 4) is 0 Å². The number of imide groups is 1. The molecule has 1 saturated heterocycles. The van der Waals surface area contributed by atoms with E-state index in [9.17, 15) is 14.7 Å². The van der Waals surface area contributed by atoms with Crippen LogP contribution in [0, 0.1) is 5.92 Å². The number of aliphatic hydroxyl groups is 1. The van der Waals surface area contributed by atoms with E-state index in [0.29, 0.717) is 5.56 Å². The van der Waals surface area contributed by atoms with Gasteiger partial charge in [0.25, 0.3) is 0 Å². The lowest BCUT2D eigenvalue weighted by atomic mass is 9.95. The van der Waals surface area contributed by atoms with E-state index in [1.165, 1.54) is 4.90 Å². The Morgan fingerprint density at radius 1 is 1.33 bits per heavy atom. The SMILES string of the molecule is C[C@@H](C(=O)N1C(=O)O[C@H]2CCC[C@H]21)[C@@H](O)c1ccccc1. The molecule has 5 nitrogen and oxygen atoms in total. The van der Waals surface area contributed by atoms with Gasteiger partial charge in [-0.05, 0) is 24.8 Å². The average molecular weight is 289 g/mol. The molecule has 3 rings (SSSR count). The number of hydrogen-bond acceptors (Lipinski definition) is 4. The summed E-state index contributed by atoms with van der Waals surface area (Å²) in [6, 6.07) is 8.86. The molecule has 0 radical (unpaired) electrons. The highest BCUT2D eigenvalue weighted by Crippen LogP contribution is 2.35. The van der Waals surface area contributed by atoms with Crippen LogP contribution in [0.4, 0.5) is 4.79 Å². The lowest BCUT2D eigenvalue weighted by Crippen LogP contribution is -2.43. The highest BCUT2D eigenvalue weighted by atomic mass is 16.6. The van der Waals surface area contributed by atoms with Crippen LogP contribution in [0.25, 0.3) is 0 Å². The van der Waals surface area contributed by atoms with Crippen molar-refractivity contribution in [3.63, 3.8) is 0 Å². The van der Waals surface area contributed by atoms with Crippen molar-refractivity contribution in [2.45, 2.75) is 44.4 Å². The fourth-order valence-corrected chi connectivity index (χ4v) is 3.21. The Morgan fingerprint density at radius 3 is 2.76 bits per heavy atom. The molecule has 1 aliphatic heterocycles. The highest BCUT2D eigenvalue weighted by molar-refractivity contribution is 5.95. The number of amides is 2. The Morgan fingerprint density at radius 2 is 2.05 bits per heavy atom. The molecule has 2 fully saturated rings. The first kappa shape index (κ1) is 14.1. The summed E-state index contributed by atoms with van der Waals surface area (Å²) in [5.41, 5.74) is 0.675.